The molecule has 2 rings (SSSR count). The summed E-state index contributed by atoms with van der Waals surface area (Å²) in [6, 6.07) is 8.57. The number of nitrogens with one attached hydrogen (secondary N) is 2. The van der Waals surface area contributed by atoms with Gasteiger partial charge in [-0.1, -0.05) is 23.4 Å². The number of benzene rings is 1. The molecule has 0 saturated heterocycles. The van der Waals surface area contributed by atoms with E-state index in [1.807, 2.05) is 30.3 Å². The number of hydrogen-bond acceptors (Lipinski definition) is 4. The van der Waals surface area contributed by atoms with Gasteiger partial charge in [-0.25, -0.2) is 4.79 Å². The Hall–Kier alpha value is -2.37. The molecule has 0 bridgehead atoms. The zero-order valence-corrected chi connectivity index (χ0v) is 10.2. The van der Waals surface area contributed by atoms with Crippen molar-refractivity contribution in [1.29, 1.82) is 0 Å². The second-order valence-electron chi connectivity index (χ2n) is 3.86. The van der Waals surface area contributed by atoms with Gasteiger partial charge < -0.3 is 15.2 Å². The minimum absolute atomic E-state index is 0.309. The molecule has 0 aliphatic carbocycles. The molecule has 1 aromatic carbocycles. The lowest BCUT2D eigenvalue weighted by molar-refractivity contribution is 0.248. The smallest absolute Gasteiger partial charge is 0.319 e. The van der Waals surface area contributed by atoms with Crippen LogP contribution in [0.3, 0.4) is 0 Å². The largest absolute Gasteiger partial charge is 0.340 e. The first kappa shape index (κ1) is 12.1. The molecule has 18 heavy (non-hydrogen) atoms. The molecular formula is C12H14N4O2. The van der Waals surface area contributed by atoms with E-state index in [-0.39, 0.29) is 12.1 Å². The van der Waals surface area contributed by atoms with Gasteiger partial charge >= 0.3 is 6.03 Å². The average molecular weight is 246 g/mol. The highest BCUT2D eigenvalue weighted by Gasteiger charge is 2.14. The highest BCUT2D eigenvalue weighted by molar-refractivity contribution is 5.89. The van der Waals surface area contributed by atoms with Crippen LogP contribution in [-0.2, 0) is 0 Å². The van der Waals surface area contributed by atoms with Crippen LogP contribution in [0.25, 0.3) is 0 Å². The summed E-state index contributed by atoms with van der Waals surface area (Å²) >= 11 is 0. The molecule has 1 aromatic heterocycles. The summed E-state index contributed by atoms with van der Waals surface area (Å²) in [5.41, 5.74) is 0.728. The molecule has 0 fully saturated rings. The Balaban J connectivity index is 1.92. The molecule has 0 saturated carbocycles. The first-order valence-corrected chi connectivity index (χ1v) is 5.58. The molecule has 0 radical (unpaired) electrons. The number of aromatic nitrogens is 2. The quantitative estimate of drug-likeness (QED) is 0.870. The van der Waals surface area contributed by atoms with Crippen molar-refractivity contribution in [3.05, 3.63) is 42.0 Å². The molecule has 94 valence electrons. The molecule has 0 aliphatic rings. The molecule has 1 heterocycles. The standard InChI is InChI=1S/C12H14N4O2/c1-8(11-14-9(2)18-16-11)13-12(17)15-10-6-4-3-5-7-10/h3-8H,1-2H3,(H2,13,15,17)/t8-/m1/s1. The number of anilines is 1. The van der Waals surface area contributed by atoms with Crippen molar-refractivity contribution >= 4 is 11.7 Å². The summed E-state index contributed by atoms with van der Waals surface area (Å²) in [6.07, 6.45) is 0. The Morgan fingerprint density at radius 2 is 2.06 bits per heavy atom. The van der Waals surface area contributed by atoms with Crippen LogP contribution in [0.5, 0.6) is 0 Å². The van der Waals surface area contributed by atoms with Crippen molar-refractivity contribution in [1.82, 2.24) is 15.5 Å². The fourth-order valence-electron chi connectivity index (χ4n) is 1.44. The zero-order valence-electron chi connectivity index (χ0n) is 10.2. The molecule has 2 aromatic rings. The van der Waals surface area contributed by atoms with Crippen LogP contribution in [0, 0.1) is 6.92 Å². The summed E-state index contributed by atoms with van der Waals surface area (Å²) in [6.45, 7) is 3.49. The molecule has 0 spiro atoms. The second kappa shape index (κ2) is 5.31. The number of rotatable bonds is 3. The maximum Gasteiger partial charge on any atom is 0.319 e. The lowest BCUT2D eigenvalue weighted by Gasteiger charge is -2.11. The van der Waals surface area contributed by atoms with E-state index >= 15 is 0 Å². The normalized spacial score (nSPS) is 11.9. The number of amides is 2. The van der Waals surface area contributed by atoms with E-state index in [0.29, 0.717) is 11.7 Å². The van der Waals surface area contributed by atoms with Crippen LogP contribution in [-0.4, -0.2) is 16.2 Å². The molecule has 1 atom stereocenters. The summed E-state index contributed by atoms with van der Waals surface area (Å²) in [5, 5.41) is 9.18. The van der Waals surface area contributed by atoms with Gasteiger partial charge in [-0.15, -0.1) is 0 Å². The number of carbonyl (C=O) groups is 1. The van der Waals surface area contributed by atoms with Crippen LogP contribution in [0.15, 0.2) is 34.9 Å². The zero-order chi connectivity index (χ0) is 13.0. The number of carbonyl (C=O) groups excluding carboxylic acids is 1. The van der Waals surface area contributed by atoms with Gasteiger partial charge in [0.1, 0.15) is 0 Å². The Morgan fingerprint density at radius 1 is 1.33 bits per heavy atom. The van der Waals surface area contributed by atoms with Gasteiger partial charge in [0.15, 0.2) is 5.82 Å². The van der Waals surface area contributed by atoms with Crippen molar-refractivity contribution in [3.8, 4) is 0 Å². The highest BCUT2D eigenvalue weighted by atomic mass is 16.5. The van der Waals surface area contributed by atoms with E-state index in [0.717, 1.165) is 5.69 Å². The highest BCUT2D eigenvalue weighted by Crippen LogP contribution is 2.09. The van der Waals surface area contributed by atoms with Crippen molar-refractivity contribution in [3.63, 3.8) is 0 Å². The van der Waals surface area contributed by atoms with Gasteiger partial charge in [-0.2, -0.15) is 4.98 Å². The molecule has 0 unspecified atom stereocenters. The summed E-state index contributed by atoms with van der Waals surface area (Å²) < 4.78 is 4.85. The van der Waals surface area contributed by atoms with Gasteiger partial charge in [0, 0.05) is 12.6 Å². The van der Waals surface area contributed by atoms with Gasteiger partial charge in [0.05, 0.1) is 6.04 Å². The Kier molecular flexibility index (Phi) is 3.57. The molecule has 6 heteroatoms. The summed E-state index contributed by atoms with van der Waals surface area (Å²) in [5.74, 6) is 0.929. The predicted molar refractivity (Wildman–Crippen MR) is 66.0 cm³/mol. The van der Waals surface area contributed by atoms with Crippen LogP contribution in [0.4, 0.5) is 10.5 Å². The van der Waals surface area contributed by atoms with Gasteiger partial charge in [0.2, 0.25) is 5.89 Å². The van der Waals surface area contributed by atoms with Crippen LogP contribution >= 0.6 is 0 Å². The summed E-state index contributed by atoms with van der Waals surface area (Å²) in [4.78, 5) is 15.7. The number of hydrogen-bond donors (Lipinski definition) is 2. The minimum Gasteiger partial charge on any atom is -0.340 e. The maximum atomic E-state index is 11.7. The first-order valence-electron chi connectivity index (χ1n) is 5.58. The van der Waals surface area contributed by atoms with E-state index in [4.69, 9.17) is 4.52 Å². The molecule has 2 N–H and O–H groups in total. The van der Waals surface area contributed by atoms with E-state index in [2.05, 4.69) is 20.8 Å². The van der Waals surface area contributed by atoms with Crippen molar-refractivity contribution in [2.75, 3.05) is 5.32 Å². The fourth-order valence-corrected chi connectivity index (χ4v) is 1.44. The van der Waals surface area contributed by atoms with Crippen molar-refractivity contribution in [2.45, 2.75) is 19.9 Å². The first-order chi connectivity index (χ1) is 8.65. The Bertz CT molecular complexity index is 524. The average Bonchev–Trinajstić information content (AvgIpc) is 2.77. The Morgan fingerprint density at radius 3 is 2.67 bits per heavy atom. The SMILES string of the molecule is Cc1nc([C@@H](C)NC(=O)Nc2ccccc2)no1. The third kappa shape index (κ3) is 3.07. The van der Waals surface area contributed by atoms with Crippen LogP contribution in [0.1, 0.15) is 24.7 Å². The van der Waals surface area contributed by atoms with E-state index in [1.54, 1.807) is 13.8 Å². The van der Waals surface area contributed by atoms with Gasteiger partial charge in [-0.3, -0.25) is 0 Å². The maximum absolute atomic E-state index is 11.7. The van der Waals surface area contributed by atoms with Gasteiger partial charge in [-0.05, 0) is 19.1 Å². The van der Waals surface area contributed by atoms with Crippen molar-refractivity contribution in [2.24, 2.45) is 0 Å². The van der Waals surface area contributed by atoms with Crippen molar-refractivity contribution < 1.29 is 9.32 Å². The van der Waals surface area contributed by atoms with E-state index in [1.165, 1.54) is 0 Å². The van der Waals surface area contributed by atoms with Gasteiger partial charge in [0.25, 0.3) is 0 Å². The van der Waals surface area contributed by atoms with E-state index < -0.39 is 0 Å². The Labute approximate surface area is 104 Å². The molecule has 6 nitrogen and oxygen atoms in total. The predicted octanol–water partition coefficient (Wildman–Crippen LogP) is 2.26. The fraction of sp³-hybridized carbons (Fsp3) is 0.250. The third-order valence-corrected chi connectivity index (χ3v) is 2.31. The molecule has 0 aliphatic heterocycles. The number of nitrogens with zero attached hydrogens (tertiary/aromatic N) is 2. The number of aryl methyl sites for hydroxylation is 1. The monoisotopic (exact) mass is 246 g/mol. The summed E-state index contributed by atoms with van der Waals surface area (Å²) in [7, 11) is 0. The topological polar surface area (TPSA) is 80.0 Å². The second-order valence-corrected chi connectivity index (χ2v) is 3.86. The minimum atomic E-state index is -0.314. The number of para-hydroxylation sites is 1. The molecule has 2 amide bonds. The van der Waals surface area contributed by atoms with Crippen LogP contribution in [0.2, 0.25) is 0 Å². The molecular weight excluding hydrogens is 232 g/mol. The number of urea groups is 1. The van der Waals surface area contributed by atoms with E-state index in [9.17, 15) is 4.79 Å². The lowest BCUT2D eigenvalue weighted by atomic mass is 10.3. The lowest BCUT2D eigenvalue weighted by Crippen LogP contribution is -2.31. The van der Waals surface area contributed by atoms with Crippen LogP contribution < -0.4 is 10.6 Å². The third-order valence-electron chi connectivity index (χ3n) is 2.31.